The Morgan fingerprint density at radius 3 is 2.90 bits per heavy atom. The van der Waals surface area contributed by atoms with Gasteiger partial charge in [0.25, 0.3) is 0 Å². The molecule has 1 atom stereocenters. The van der Waals surface area contributed by atoms with E-state index in [1.807, 2.05) is 29.5 Å². The van der Waals surface area contributed by atoms with Crippen LogP contribution in [0.2, 0.25) is 0 Å². The number of halogens is 1. The van der Waals surface area contributed by atoms with Crippen molar-refractivity contribution >= 4 is 28.6 Å². The molecule has 4 nitrogen and oxygen atoms in total. The Labute approximate surface area is 127 Å². The SMILES string of the molecule is CC(C(=O)Nc1cc(N)ccc1F)N(C)Cc1cccs1. The Bertz CT molecular complexity index is 615. The number of nitrogen functional groups attached to an aromatic ring is 1. The zero-order valence-corrected chi connectivity index (χ0v) is 12.8. The van der Waals surface area contributed by atoms with E-state index in [1.54, 1.807) is 18.3 Å². The van der Waals surface area contributed by atoms with E-state index in [1.165, 1.54) is 23.1 Å². The summed E-state index contributed by atoms with van der Waals surface area (Å²) in [6.45, 7) is 2.46. The number of hydrogen-bond acceptors (Lipinski definition) is 4. The summed E-state index contributed by atoms with van der Waals surface area (Å²) >= 11 is 1.64. The summed E-state index contributed by atoms with van der Waals surface area (Å²) in [5.41, 5.74) is 6.12. The van der Waals surface area contributed by atoms with Crippen LogP contribution in [0, 0.1) is 5.82 Å². The number of anilines is 2. The number of hydrogen-bond donors (Lipinski definition) is 2. The molecular weight excluding hydrogens is 289 g/mol. The molecule has 1 aromatic carbocycles. The van der Waals surface area contributed by atoms with Crippen molar-refractivity contribution in [3.05, 3.63) is 46.4 Å². The molecule has 0 aliphatic heterocycles. The number of nitrogens with zero attached hydrogens (tertiary/aromatic N) is 1. The maximum Gasteiger partial charge on any atom is 0.241 e. The molecule has 1 amide bonds. The van der Waals surface area contributed by atoms with Gasteiger partial charge in [-0.05, 0) is 43.6 Å². The summed E-state index contributed by atoms with van der Waals surface area (Å²) in [7, 11) is 1.86. The van der Waals surface area contributed by atoms with E-state index in [0.29, 0.717) is 12.2 Å². The van der Waals surface area contributed by atoms with E-state index >= 15 is 0 Å². The van der Waals surface area contributed by atoms with Gasteiger partial charge < -0.3 is 11.1 Å². The van der Waals surface area contributed by atoms with Gasteiger partial charge in [0, 0.05) is 17.1 Å². The Kier molecular flexibility index (Phi) is 4.93. The average Bonchev–Trinajstić information content (AvgIpc) is 2.94. The molecule has 0 radical (unpaired) electrons. The first-order valence-corrected chi connectivity index (χ1v) is 7.44. The first-order valence-electron chi connectivity index (χ1n) is 6.56. The van der Waals surface area contributed by atoms with E-state index in [2.05, 4.69) is 5.32 Å². The summed E-state index contributed by atoms with van der Waals surface area (Å²) in [5, 5.41) is 4.58. The largest absolute Gasteiger partial charge is 0.399 e. The predicted octanol–water partition coefficient (Wildman–Crippen LogP) is 2.93. The Hall–Kier alpha value is -1.92. The van der Waals surface area contributed by atoms with Gasteiger partial charge in [0.1, 0.15) is 5.82 Å². The number of nitrogens with one attached hydrogen (secondary N) is 1. The summed E-state index contributed by atoms with van der Waals surface area (Å²) in [6.07, 6.45) is 0. The number of nitrogens with two attached hydrogens (primary N) is 1. The molecule has 6 heteroatoms. The zero-order chi connectivity index (χ0) is 15.4. The van der Waals surface area contributed by atoms with Crippen molar-refractivity contribution in [3.63, 3.8) is 0 Å². The van der Waals surface area contributed by atoms with Gasteiger partial charge in [-0.1, -0.05) is 6.07 Å². The van der Waals surface area contributed by atoms with Crippen LogP contribution in [0.15, 0.2) is 35.7 Å². The van der Waals surface area contributed by atoms with Crippen LogP contribution in [-0.2, 0) is 11.3 Å². The lowest BCUT2D eigenvalue weighted by atomic mass is 10.2. The number of amides is 1. The van der Waals surface area contributed by atoms with E-state index in [0.717, 1.165) is 0 Å². The Morgan fingerprint density at radius 2 is 2.24 bits per heavy atom. The van der Waals surface area contributed by atoms with E-state index in [-0.39, 0.29) is 17.6 Å². The second-order valence-corrected chi connectivity index (χ2v) is 5.93. The van der Waals surface area contributed by atoms with Crippen LogP contribution in [0.5, 0.6) is 0 Å². The normalized spacial score (nSPS) is 12.4. The molecule has 2 rings (SSSR count). The van der Waals surface area contributed by atoms with Gasteiger partial charge in [0.2, 0.25) is 5.91 Å². The molecule has 1 aromatic heterocycles. The third-order valence-corrected chi connectivity index (χ3v) is 4.14. The number of benzene rings is 1. The van der Waals surface area contributed by atoms with E-state index in [9.17, 15) is 9.18 Å². The van der Waals surface area contributed by atoms with Crippen LogP contribution in [0.4, 0.5) is 15.8 Å². The quantitative estimate of drug-likeness (QED) is 0.835. The van der Waals surface area contributed by atoms with Crippen LogP contribution < -0.4 is 11.1 Å². The highest BCUT2D eigenvalue weighted by Crippen LogP contribution is 2.18. The molecule has 2 aromatic rings. The molecule has 1 unspecified atom stereocenters. The van der Waals surface area contributed by atoms with Crippen LogP contribution in [-0.4, -0.2) is 23.9 Å². The maximum absolute atomic E-state index is 13.6. The highest BCUT2D eigenvalue weighted by Gasteiger charge is 2.19. The summed E-state index contributed by atoms with van der Waals surface area (Å²) in [4.78, 5) is 15.3. The number of thiophene rings is 1. The lowest BCUT2D eigenvalue weighted by Gasteiger charge is -2.23. The lowest BCUT2D eigenvalue weighted by Crippen LogP contribution is -2.39. The minimum Gasteiger partial charge on any atom is -0.399 e. The summed E-state index contributed by atoms with van der Waals surface area (Å²) < 4.78 is 13.6. The average molecular weight is 307 g/mol. The fourth-order valence-corrected chi connectivity index (χ4v) is 2.63. The smallest absolute Gasteiger partial charge is 0.241 e. The molecular formula is C15H18FN3OS. The predicted molar refractivity (Wildman–Crippen MR) is 84.7 cm³/mol. The number of rotatable bonds is 5. The molecule has 0 bridgehead atoms. The van der Waals surface area contributed by atoms with Crippen molar-refractivity contribution in [2.45, 2.75) is 19.5 Å². The third-order valence-electron chi connectivity index (χ3n) is 3.27. The van der Waals surface area contributed by atoms with Gasteiger partial charge in [0.15, 0.2) is 0 Å². The molecule has 1 heterocycles. The molecule has 21 heavy (non-hydrogen) atoms. The number of carbonyl (C=O) groups is 1. The fraction of sp³-hybridized carbons (Fsp3) is 0.267. The number of carbonyl (C=O) groups excluding carboxylic acids is 1. The third kappa shape index (κ3) is 4.03. The molecule has 112 valence electrons. The molecule has 0 aliphatic rings. The van der Waals surface area contributed by atoms with E-state index in [4.69, 9.17) is 5.73 Å². The highest BCUT2D eigenvalue weighted by atomic mass is 32.1. The molecule has 0 spiro atoms. The maximum atomic E-state index is 13.6. The van der Waals surface area contributed by atoms with Gasteiger partial charge >= 0.3 is 0 Å². The lowest BCUT2D eigenvalue weighted by molar-refractivity contribution is -0.120. The van der Waals surface area contributed by atoms with Crippen molar-refractivity contribution in [1.29, 1.82) is 0 Å². The van der Waals surface area contributed by atoms with Crippen LogP contribution in [0.3, 0.4) is 0 Å². The second-order valence-electron chi connectivity index (χ2n) is 4.90. The Balaban J connectivity index is 2.00. The first kappa shape index (κ1) is 15.5. The van der Waals surface area contributed by atoms with E-state index < -0.39 is 5.82 Å². The van der Waals surface area contributed by atoms with Crippen LogP contribution in [0.25, 0.3) is 0 Å². The molecule has 0 saturated heterocycles. The van der Waals surface area contributed by atoms with Crippen LogP contribution >= 0.6 is 11.3 Å². The van der Waals surface area contributed by atoms with Gasteiger partial charge in [-0.2, -0.15) is 0 Å². The second kappa shape index (κ2) is 6.69. The van der Waals surface area contributed by atoms with Gasteiger partial charge in [-0.15, -0.1) is 11.3 Å². The molecule has 0 fully saturated rings. The summed E-state index contributed by atoms with van der Waals surface area (Å²) in [5.74, 6) is -0.760. The van der Waals surface area contributed by atoms with Crippen molar-refractivity contribution in [2.24, 2.45) is 0 Å². The highest BCUT2D eigenvalue weighted by molar-refractivity contribution is 7.09. The summed E-state index contributed by atoms with van der Waals surface area (Å²) in [6, 6.07) is 7.72. The van der Waals surface area contributed by atoms with Crippen molar-refractivity contribution in [2.75, 3.05) is 18.1 Å². The monoisotopic (exact) mass is 307 g/mol. The van der Waals surface area contributed by atoms with Crippen molar-refractivity contribution in [1.82, 2.24) is 4.90 Å². The molecule has 0 saturated carbocycles. The van der Waals surface area contributed by atoms with Gasteiger partial charge in [-0.25, -0.2) is 4.39 Å². The molecule has 0 aliphatic carbocycles. The van der Waals surface area contributed by atoms with Gasteiger partial charge in [0.05, 0.1) is 11.7 Å². The fourth-order valence-electron chi connectivity index (χ4n) is 1.86. The minimum absolute atomic E-state index is 0.108. The Morgan fingerprint density at radius 1 is 1.48 bits per heavy atom. The zero-order valence-electron chi connectivity index (χ0n) is 12.0. The van der Waals surface area contributed by atoms with Gasteiger partial charge in [-0.3, -0.25) is 9.69 Å². The van der Waals surface area contributed by atoms with Crippen LogP contribution in [0.1, 0.15) is 11.8 Å². The standard InChI is InChI=1S/C15H18FN3OS/c1-10(19(2)9-12-4-3-7-21-12)15(20)18-14-8-11(17)5-6-13(14)16/h3-8,10H,9,17H2,1-2H3,(H,18,20). The minimum atomic E-state index is -0.495. The topological polar surface area (TPSA) is 58.4 Å². The first-order chi connectivity index (χ1) is 9.97. The number of likely N-dealkylation sites (N-methyl/N-ethyl adjacent to an activating group) is 1. The van der Waals surface area contributed by atoms with Crippen molar-refractivity contribution < 1.29 is 9.18 Å². The van der Waals surface area contributed by atoms with Crippen molar-refractivity contribution in [3.8, 4) is 0 Å². The molecule has 3 N–H and O–H groups in total.